The number of amides is 1. The summed E-state index contributed by atoms with van der Waals surface area (Å²) in [7, 11) is 0. The van der Waals surface area contributed by atoms with Crippen LogP contribution < -0.4 is 4.90 Å². The van der Waals surface area contributed by atoms with Gasteiger partial charge in [0.25, 0.3) is 0 Å². The number of nitrogens with zero attached hydrogens (tertiary/aromatic N) is 6. The molecule has 1 fully saturated rings. The van der Waals surface area contributed by atoms with Crippen molar-refractivity contribution in [3.8, 4) is 23.0 Å². The predicted octanol–water partition coefficient (Wildman–Crippen LogP) is 5.04. The second-order valence-electron chi connectivity index (χ2n) is 9.20. The first-order chi connectivity index (χ1) is 18.8. The number of nitrogens with one attached hydrogen (secondary N) is 1. The zero-order chi connectivity index (χ0) is 27.1. The number of carbonyl (C=O) groups is 1. The molecule has 0 bridgehead atoms. The third-order valence-electron chi connectivity index (χ3n) is 6.49. The summed E-state index contributed by atoms with van der Waals surface area (Å²) in [6, 6.07) is 16.2. The van der Waals surface area contributed by atoms with Gasteiger partial charge in [0, 0.05) is 31.2 Å². The van der Waals surface area contributed by atoms with Crippen LogP contribution in [0.1, 0.15) is 17.8 Å². The fourth-order valence-electron chi connectivity index (χ4n) is 4.63. The van der Waals surface area contributed by atoms with Gasteiger partial charge in [-0.1, -0.05) is 41.7 Å². The summed E-state index contributed by atoms with van der Waals surface area (Å²) in [5, 5.41) is 7.46. The lowest BCUT2D eigenvalue weighted by Gasteiger charge is -2.40. The van der Waals surface area contributed by atoms with Crippen molar-refractivity contribution in [2.75, 3.05) is 24.5 Å². The van der Waals surface area contributed by atoms with Crippen LogP contribution in [0, 0.1) is 0 Å². The van der Waals surface area contributed by atoms with Crippen LogP contribution in [-0.4, -0.2) is 61.6 Å². The summed E-state index contributed by atoms with van der Waals surface area (Å²) >= 11 is 0.586. The van der Waals surface area contributed by atoms with Gasteiger partial charge in [0.05, 0.1) is 11.0 Å². The van der Waals surface area contributed by atoms with Crippen LogP contribution in [0.25, 0.3) is 34.0 Å². The Kier molecular flexibility index (Phi) is 6.29. The van der Waals surface area contributed by atoms with Crippen molar-refractivity contribution >= 4 is 33.3 Å². The molecule has 5 aromatic rings. The van der Waals surface area contributed by atoms with Crippen LogP contribution in [0.4, 0.5) is 18.2 Å². The van der Waals surface area contributed by atoms with Gasteiger partial charge >= 0.3 is 6.18 Å². The molecule has 1 atom stereocenters. The minimum Gasteiger partial charge on any atom is -0.420 e. The van der Waals surface area contributed by atoms with Gasteiger partial charge < -0.3 is 19.2 Å². The molecule has 0 spiro atoms. The number of halogens is 3. The molecule has 4 heterocycles. The van der Waals surface area contributed by atoms with E-state index in [1.165, 1.54) is 0 Å². The quantitative estimate of drug-likeness (QED) is 0.325. The molecule has 0 saturated carbocycles. The maximum Gasteiger partial charge on any atom is 0.443 e. The first-order valence-corrected chi connectivity index (χ1v) is 13.0. The Morgan fingerprint density at radius 1 is 1.08 bits per heavy atom. The van der Waals surface area contributed by atoms with Crippen molar-refractivity contribution < 1.29 is 22.4 Å². The average Bonchev–Trinajstić information content (AvgIpc) is 3.66. The van der Waals surface area contributed by atoms with E-state index in [9.17, 15) is 18.0 Å². The highest BCUT2D eigenvalue weighted by atomic mass is 32.1. The lowest BCUT2D eigenvalue weighted by molar-refractivity contribution is -0.137. The second kappa shape index (κ2) is 9.80. The first-order valence-electron chi connectivity index (χ1n) is 12.2. The third-order valence-corrected chi connectivity index (χ3v) is 7.65. The first kappa shape index (κ1) is 25.0. The maximum absolute atomic E-state index is 13.7. The largest absolute Gasteiger partial charge is 0.443 e. The van der Waals surface area contributed by atoms with E-state index in [0.717, 1.165) is 5.56 Å². The van der Waals surface area contributed by atoms with Crippen molar-refractivity contribution in [1.29, 1.82) is 0 Å². The molecule has 1 N–H and O–H groups in total. The minimum atomic E-state index is -4.59. The van der Waals surface area contributed by atoms with Crippen molar-refractivity contribution in [1.82, 2.24) is 30.0 Å². The molecule has 3 aromatic heterocycles. The van der Waals surface area contributed by atoms with Crippen LogP contribution in [0.3, 0.4) is 0 Å². The summed E-state index contributed by atoms with van der Waals surface area (Å²) in [6.07, 6.45) is -4.65. The Hall–Kier alpha value is -4.26. The Labute approximate surface area is 224 Å². The zero-order valence-electron chi connectivity index (χ0n) is 20.6. The summed E-state index contributed by atoms with van der Waals surface area (Å²) in [4.78, 5) is 28.1. The van der Waals surface area contributed by atoms with E-state index < -0.39 is 11.2 Å². The van der Waals surface area contributed by atoms with Crippen molar-refractivity contribution in [3.05, 3.63) is 65.5 Å². The molecule has 0 unspecified atom stereocenters. The highest BCUT2D eigenvalue weighted by Gasteiger charge is 2.39. The highest BCUT2D eigenvalue weighted by molar-refractivity contribution is 7.16. The average molecular weight is 554 g/mol. The summed E-state index contributed by atoms with van der Waals surface area (Å²) in [5.74, 6) is 0.621. The van der Waals surface area contributed by atoms with Crippen molar-refractivity contribution in [2.24, 2.45) is 0 Å². The number of aromatic amines is 1. The number of thiazole rings is 1. The Morgan fingerprint density at radius 3 is 2.59 bits per heavy atom. The number of alkyl halides is 3. The molecular weight excluding hydrogens is 531 g/mol. The standard InChI is InChI=1S/C26H22F3N7O2S/c1-15-14-35(11-12-36(15)20(37)13-19-33-34-23(38-19)16-7-3-2-4-8-16)24-21(32-25(39-24)26(27,28)29)22-30-17-9-5-6-10-18(17)31-22/h2-10,15H,11-14H2,1H3,(H,30,31)/t15-/m1/s1. The number of carbonyl (C=O) groups excluding carboxylic acids is 1. The van der Waals surface area contributed by atoms with Crippen molar-refractivity contribution in [2.45, 2.75) is 25.6 Å². The maximum atomic E-state index is 13.7. The molecule has 200 valence electrons. The fourth-order valence-corrected chi connectivity index (χ4v) is 5.60. The minimum absolute atomic E-state index is 0.0623. The monoisotopic (exact) mass is 553 g/mol. The normalized spacial score (nSPS) is 16.3. The van der Waals surface area contributed by atoms with Crippen LogP contribution >= 0.6 is 11.3 Å². The van der Waals surface area contributed by atoms with Crippen LogP contribution in [0.5, 0.6) is 0 Å². The second-order valence-corrected chi connectivity index (χ2v) is 10.2. The molecule has 1 saturated heterocycles. The number of benzene rings is 2. The molecule has 39 heavy (non-hydrogen) atoms. The molecule has 1 aliphatic heterocycles. The third kappa shape index (κ3) is 4.97. The number of hydrogen-bond acceptors (Lipinski definition) is 8. The highest BCUT2D eigenvalue weighted by Crippen LogP contribution is 2.42. The van der Waals surface area contributed by atoms with E-state index >= 15 is 0 Å². The molecule has 2 aromatic carbocycles. The van der Waals surface area contributed by atoms with E-state index in [1.807, 2.05) is 54.3 Å². The number of rotatable bonds is 5. The predicted molar refractivity (Wildman–Crippen MR) is 139 cm³/mol. The lowest BCUT2D eigenvalue weighted by Crippen LogP contribution is -2.54. The van der Waals surface area contributed by atoms with E-state index in [1.54, 1.807) is 17.0 Å². The summed E-state index contributed by atoms with van der Waals surface area (Å²) < 4.78 is 46.6. The number of imidazole rings is 1. The van der Waals surface area contributed by atoms with Gasteiger partial charge in [-0.3, -0.25) is 4.79 Å². The Bertz CT molecular complexity index is 1600. The van der Waals surface area contributed by atoms with Crippen molar-refractivity contribution in [3.63, 3.8) is 0 Å². The lowest BCUT2D eigenvalue weighted by atomic mass is 10.1. The molecule has 0 aliphatic carbocycles. The van der Waals surface area contributed by atoms with Gasteiger partial charge in [-0.05, 0) is 31.2 Å². The van der Waals surface area contributed by atoms with Crippen LogP contribution in [-0.2, 0) is 17.4 Å². The summed E-state index contributed by atoms with van der Waals surface area (Å²) in [5.41, 5.74) is 2.25. The topological polar surface area (TPSA) is 104 Å². The number of anilines is 1. The van der Waals surface area contributed by atoms with Gasteiger partial charge in [-0.2, -0.15) is 13.2 Å². The molecule has 0 radical (unpaired) electrons. The Morgan fingerprint density at radius 2 is 1.85 bits per heavy atom. The van der Waals surface area contributed by atoms with Gasteiger partial charge in [-0.25, -0.2) is 9.97 Å². The number of aromatic nitrogens is 5. The van der Waals surface area contributed by atoms with Crippen LogP contribution in [0.15, 0.2) is 59.0 Å². The Balaban J connectivity index is 1.20. The number of H-pyrrole nitrogens is 1. The summed E-state index contributed by atoms with van der Waals surface area (Å²) in [6.45, 7) is 2.85. The van der Waals surface area contributed by atoms with Crippen LogP contribution in [0.2, 0.25) is 0 Å². The van der Waals surface area contributed by atoms with Gasteiger partial charge in [-0.15, -0.1) is 10.2 Å². The fraction of sp³-hybridized carbons (Fsp3) is 0.269. The molecular formula is C26H22F3N7O2S. The molecule has 6 rings (SSSR count). The van der Waals surface area contributed by atoms with Gasteiger partial charge in [0.2, 0.25) is 22.7 Å². The molecule has 1 aliphatic rings. The van der Waals surface area contributed by atoms with Gasteiger partial charge in [0.15, 0.2) is 5.82 Å². The van der Waals surface area contributed by atoms with E-state index in [0.29, 0.717) is 52.9 Å². The zero-order valence-corrected chi connectivity index (χ0v) is 21.5. The van der Waals surface area contributed by atoms with E-state index in [4.69, 9.17) is 4.42 Å². The molecule has 1 amide bonds. The van der Waals surface area contributed by atoms with E-state index in [2.05, 4.69) is 25.1 Å². The smallest absolute Gasteiger partial charge is 0.420 e. The molecule has 13 heteroatoms. The molecule has 9 nitrogen and oxygen atoms in total. The van der Waals surface area contributed by atoms with E-state index in [-0.39, 0.29) is 35.8 Å². The number of fused-ring (bicyclic) bond motifs is 1. The SMILES string of the molecule is C[C@@H]1CN(c2sc(C(F)(F)F)nc2-c2nc3ccccc3[nH]2)CCN1C(=O)Cc1nnc(-c2ccccc2)o1. The number of para-hydroxylation sites is 2. The number of hydrogen-bond donors (Lipinski definition) is 1. The van der Waals surface area contributed by atoms with Gasteiger partial charge in [0.1, 0.15) is 17.1 Å². The number of piperazine rings is 1.